The van der Waals surface area contributed by atoms with Gasteiger partial charge in [0.15, 0.2) is 0 Å². The van der Waals surface area contributed by atoms with Crippen molar-refractivity contribution in [2.75, 3.05) is 11.4 Å². The summed E-state index contributed by atoms with van der Waals surface area (Å²) in [4.78, 5) is 17.5. The molecule has 1 aromatic heterocycles. The Labute approximate surface area is 144 Å². The van der Waals surface area contributed by atoms with Crippen LogP contribution >= 0.6 is 0 Å². The molecule has 1 aliphatic heterocycles. The van der Waals surface area contributed by atoms with Crippen molar-refractivity contribution in [3.63, 3.8) is 0 Å². The zero-order valence-corrected chi connectivity index (χ0v) is 14.0. The molecule has 0 fully saturated rings. The molecule has 2 aromatic carbocycles. The molecular weight excluding hydrogens is 318 g/mol. The Hall–Kier alpha value is -3.15. The van der Waals surface area contributed by atoms with Gasteiger partial charge >= 0.3 is 0 Å². The van der Waals surface area contributed by atoms with Crippen LogP contribution in [0.25, 0.3) is 10.9 Å². The van der Waals surface area contributed by atoms with Crippen molar-refractivity contribution in [2.24, 2.45) is 0 Å². The van der Waals surface area contributed by atoms with E-state index in [1.54, 1.807) is 12.1 Å². The van der Waals surface area contributed by atoms with Crippen LogP contribution in [0.3, 0.4) is 0 Å². The highest BCUT2D eigenvalue weighted by Gasteiger charge is 2.34. The zero-order valence-electron chi connectivity index (χ0n) is 14.0. The maximum absolute atomic E-state index is 11.2. The highest BCUT2D eigenvalue weighted by molar-refractivity contribution is 5.82. The maximum Gasteiger partial charge on any atom is 0.271 e. The van der Waals surface area contributed by atoms with E-state index in [-0.39, 0.29) is 5.69 Å². The third-order valence-corrected chi connectivity index (χ3v) is 4.23. The predicted molar refractivity (Wildman–Crippen MR) is 96.6 cm³/mol. The summed E-state index contributed by atoms with van der Waals surface area (Å²) in [6.45, 7) is 4.53. The third-order valence-electron chi connectivity index (χ3n) is 4.23. The van der Waals surface area contributed by atoms with Gasteiger partial charge in [0.05, 0.1) is 22.7 Å². The quantitative estimate of drug-likeness (QED) is 0.511. The summed E-state index contributed by atoms with van der Waals surface area (Å²) in [5, 5.41) is 12.2. The van der Waals surface area contributed by atoms with E-state index in [4.69, 9.17) is 9.72 Å². The van der Waals surface area contributed by atoms with Crippen LogP contribution in [0.5, 0.6) is 5.75 Å². The summed E-state index contributed by atoms with van der Waals surface area (Å²) in [6, 6.07) is 16.5. The Bertz CT molecular complexity index is 985. The van der Waals surface area contributed by atoms with Crippen LogP contribution < -0.4 is 9.64 Å². The highest BCUT2D eigenvalue weighted by Crippen LogP contribution is 2.42. The first-order chi connectivity index (χ1) is 11.9. The molecule has 0 saturated carbocycles. The van der Waals surface area contributed by atoms with Crippen LogP contribution in [0.1, 0.15) is 13.8 Å². The minimum Gasteiger partial charge on any atom is -0.484 e. The molecule has 2 heterocycles. The average Bonchev–Trinajstić information content (AvgIpc) is 2.59. The first-order valence-corrected chi connectivity index (χ1v) is 8.04. The van der Waals surface area contributed by atoms with E-state index >= 15 is 0 Å². The second kappa shape index (κ2) is 5.44. The molecule has 4 rings (SSSR count). The summed E-state index contributed by atoms with van der Waals surface area (Å²) in [5.74, 6) is 1.37. The van der Waals surface area contributed by atoms with Crippen molar-refractivity contribution in [1.82, 2.24) is 4.98 Å². The van der Waals surface area contributed by atoms with E-state index in [1.165, 1.54) is 6.07 Å². The number of hydrogen-bond donors (Lipinski definition) is 0. The number of nitrogens with zero attached hydrogens (tertiary/aromatic N) is 3. The van der Waals surface area contributed by atoms with Gasteiger partial charge in [-0.2, -0.15) is 0 Å². The lowest BCUT2D eigenvalue weighted by atomic mass is 10.0. The van der Waals surface area contributed by atoms with Crippen molar-refractivity contribution in [1.29, 1.82) is 0 Å². The molecule has 0 bridgehead atoms. The standard InChI is InChI=1S/C19H17N3O3/c1-19(2)12-21(16-11-14(22(23)24)8-9-17(16)25-19)18-10-7-13-5-3-4-6-15(13)20-18/h3-11H,12H2,1-2H3. The number of hydrogen-bond acceptors (Lipinski definition) is 5. The molecule has 0 radical (unpaired) electrons. The smallest absolute Gasteiger partial charge is 0.271 e. The number of non-ortho nitro benzene ring substituents is 1. The van der Waals surface area contributed by atoms with E-state index in [1.807, 2.05) is 55.1 Å². The molecule has 0 unspecified atom stereocenters. The molecule has 0 N–H and O–H groups in total. The Morgan fingerprint density at radius 1 is 1.16 bits per heavy atom. The number of benzene rings is 2. The maximum atomic E-state index is 11.2. The fraction of sp³-hybridized carbons (Fsp3) is 0.211. The van der Waals surface area contributed by atoms with E-state index in [9.17, 15) is 10.1 Å². The number of rotatable bonds is 2. The first kappa shape index (κ1) is 15.4. The van der Waals surface area contributed by atoms with Crippen molar-refractivity contribution in [2.45, 2.75) is 19.4 Å². The van der Waals surface area contributed by atoms with Crippen molar-refractivity contribution in [3.8, 4) is 5.75 Å². The van der Waals surface area contributed by atoms with Crippen LogP contribution in [-0.2, 0) is 0 Å². The van der Waals surface area contributed by atoms with Crippen LogP contribution in [-0.4, -0.2) is 22.1 Å². The third kappa shape index (κ3) is 2.76. The van der Waals surface area contributed by atoms with Gasteiger partial charge < -0.3 is 9.64 Å². The molecular formula is C19H17N3O3. The number of ether oxygens (including phenoxy) is 1. The largest absolute Gasteiger partial charge is 0.484 e. The van der Waals surface area contributed by atoms with Gasteiger partial charge in [0.1, 0.15) is 17.2 Å². The van der Waals surface area contributed by atoms with Crippen molar-refractivity contribution >= 4 is 28.1 Å². The Morgan fingerprint density at radius 3 is 2.76 bits per heavy atom. The van der Waals surface area contributed by atoms with E-state index < -0.39 is 10.5 Å². The van der Waals surface area contributed by atoms with Gasteiger partial charge in [0, 0.05) is 17.5 Å². The Balaban J connectivity index is 1.87. The average molecular weight is 335 g/mol. The summed E-state index contributed by atoms with van der Waals surface area (Å²) < 4.78 is 6.00. The molecule has 0 spiro atoms. The van der Waals surface area contributed by atoms with Crippen LogP contribution in [0.15, 0.2) is 54.6 Å². The number of nitro groups is 1. The van der Waals surface area contributed by atoms with E-state index in [0.29, 0.717) is 18.0 Å². The molecule has 0 saturated heterocycles. The minimum absolute atomic E-state index is 0.0350. The highest BCUT2D eigenvalue weighted by atomic mass is 16.6. The van der Waals surface area contributed by atoms with Gasteiger partial charge in [-0.25, -0.2) is 4.98 Å². The Kier molecular flexibility index (Phi) is 3.35. The summed E-state index contributed by atoms with van der Waals surface area (Å²) >= 11 is 0. The van der Waals surface area contributed by atoms with Crippen molar-refractivity contribution in [3.05, 3.63) is 64.7 Å². The number of anilines is 2. The number of fused-ring (bicyclic) bond motifs is 2. The molecule has 25 heavy (non-hydrogen) atoms. The minimum atomic E-state index is -0.434. The van der Waals surface area contributed by atoms with E-state index in [0.717, 1.165) is 16.7 Å². The SMILES string of the molecule is CC1(C)CN(c2ccc3ccccc3n2)c2cc([N+](=O)[O-])ccc2O1. The molecule has 3 aromatic rings. The van der Waals surface area contributed by atoms with Gasteiger partial charge in [0.25, 0.3) is 5.69 Å². The summed E-state index contributed by atoms with van der Waals surface area (Å²) in [7, 11) is 0. The molecule has 126 valence electrons. The van der Waals surface area contributed by atoms with Gasteiger partial charge in [0.2, 0.25) is 0 Å². The number of nitro benzene ring substituents is 1. The Morgan fingerprint density at radius 2 is 1.96 bits per heavy atom. The second-order valence-corrected chi connectivity index (χ2v) is 6.72. The van der Waals surface area contributed by atoms with Gasteiger partial charge in [-0.05, 0) is 38.1 Å². The van der Waals surface area contributed by atoms with Gasteiger partial charge in [-0.3, -0.25) is 10.1 Å². The van der Waals surface area contributed by atoms with Gasteiger partial charge in [-0.15, -0.1) is 0 Å². The predicted octanol–water partition coefficient (Wildman–Crippen LogP) is 4.45. The topological polar surface area (TPSA) is 68.5 Å². The van der Waals surface area contributed by atoms with Crippen LogP contribution in [0, 0.1) is 10.1 Å². The lowest BCUT2D eigenvalue weighted by Gasteiger charge is -2.40. The zero-order chi connectivity index (χ0) is 17.6. The fourth-order valence-electron chi connectivity index (χ4n) is 3.12. The monoisotopic (exact) mass is 335 g/mol. The molecule has 1 aliphatic rings. The number of pyridine rings is 1. The molecule has 0 aliphatic carbocycles. The second-order valence-electron chi connectivity index (χ2n) is 6.72. The van der Waals surface area contributed by atoms with E-state index in [2.05, 4.69) is 0 Å². The number of para-hydroxylation sites is 1. The van der Waals surface area contributed by atoms with Gasteiger partial charge in [-0.1, -0.05) is 18.2 Å². The van der Waals surface area contributed by atoms with Crippen LogP contribution in [0.2, 0.25) is 0 Å². The first-order valence-electron chi connectivity index (χ1n) is 8.04. The summed E-state index contributed by atoms with van der Waals surface area (Å²) in [6.07, 6.45) is 0. The van der Waals surface area contributed by atoms with Crippen molar-refractivity contribution < 1.29 is 9.66 Å². The normalized spacial score (nSPS) is 15.5. The molecule has 6 heteroatoms. The lowest BCUT2D eigenvalue weighted by Crippen LogP contribution is -2.45. The molecule has 0 amide bonds. The number of aromatic nitrogens is 1. The fourth-order valence-corrected chi connectivity index (χ4v) is 3.12. The molecule has 6 nitrogen and oxygen atoms in total. The van der Waals surface area contributed by atoms with Crippen LogP contribution in [0.4, 0.5) is 17.2 Å². The lowest BCUT2D eigenvalue weighted by molar-refractivity contribution is -0.384. The molecule has 0 atom stereocenters. The summed E-state index contributed by atoms with van der Waals surface area (Å²) in [5.41, 5.74) is 1.15.